The molecule has 28 heavy (non-hydrogen) atoms. The first-order chi connectivity index (χ1) is 13.0. The Bertz CT molecular complexity index is 899. The quantitative estimate of drug-likeness (QED) is 0.555. The van der Waals surface area contributed by atoms with E-state index in [0.717, 1.165) is 16.7 Å². The van der Waals surface area contributed by atoms with E-state index in [1.807, 2.05) is 6.92 Å². The molecule has 0 fully saturated rings. The summed E-state index contributed by atoms with van der Waals surface area (Å²) in [5.74, 6) is 1.58. The van der Waals surface area contributed by atoms with Crippen LogP contribution in [0.1, 0.15) is 51.3 Å². The Morgan fingerprint density at radius 1 is 1.11 bits per heavy atom. The molecule has 2 rings (SSSR count). The van der Waals surface area contributed by atoms with Crippen LogP contribution in [-0.4, -0.2) is 12.2 Å². The van der Waals surface area contributed by atoms with Gasteiger partial charge in [0.1, 0.15) is 18.1 Å². The van der Waals surface area contributed by atoms with Crippen LogP contribution >= 0.6 is 0 Å². The van der Waals surface area contributed by atoms with Crippen LogP contribution in [-0.2, 0) is 11.3 Å². The van der Waals surface area contributed by atoms with Crippen LogP contribution in [0.3, 0.4) is 0 Å². The number of rotatable bonds is 6. The van der Waals surface area contributed by atoms with Gasteiger partial charge in [-0.2, -0.15) is 0 Å². The number of allylic oxidation sites excluding steroid dienone is 3. The topological polar surface area (TPSA) is 38.7 Å². The molecule has 0 saturated heterocycles. The summed E-state index contributed by atoms with van der Waals surface area (Å²) in [6.45, 7) is 17.0. The molecule has 0 amide bonds. The standard InChI is InChI=1S/C25H32O3/c1-16(2)28-15-22-20(21-13-19(26)10-12-23(21)27-8)11-9-17(3)24(22)18(4)14-25(5,6)7/h9-14,26H,1,15H2,2-8H3/b18-14-. The Kier molecular flexibility index (Phi) is 6.60. The van der Waals surface area contributed by atoms with E-state index in [1.54, 1.807) is 25.3 Å². The zero-order valence-corrected chi connectivity index (χ0v) is 18.1. The van der Waals surface area contributed by atoms with E-state index in [9.17, 15) is 5.11 Å². The van der Waals surface area contributed by atoms with Gasteiger partial charge in [0.15, 0.2) is 0 Å². The average Bonchev–Trinajstić information content (AvgIpc) is 2.58. The first kappa shape index (κ1) is 21.6. The number of hydrogen-bond acceptors (Lipinski definition) is 3. The van der Waals surface area contributed by atoms with Crippen LogP contribution in [0, 0.1) is 12.3 Å². The lowest BCUT2D eigenvalue weighted by Crippen LogP contribution is -2.05. The van der Waals surface area contributed by atoms with Gasteiger partial charge in [0.25, 0.3) is 0 Å². The number of ether oxygens (including phenoxy) is 2. The molecule has 2 aromatic rings. The normalized spacial score (nSPS) is 12.0. The molecule has 0 aliphatic heterocycles. The van der Waals surface area contributed by atoms with E-state index in [4.69, 9.17) is 9.47 Å². The first-order valence-corrected chi connectivity index (χ1v) is 9.51. The number of hydrogen-bond donors (Lipinski definition) is 1. The van der Waals surface area contributed by atoms with E-state index in [-0.39, 0.29) is 11.2 Å². The van der Waals surface area contributed by atoms with Crippen LogP contribution in [0.25, 0.3) is 16.7 Å². The molecule has 1 N–H and O–H groups in total. The molecule has 0 heterocycles. The Morgan fingerprint density at radius 2 is 1.79 bits per heavy atom. The molecule has 0 radical (unpaired) electrons. The lowest BCUT2D eigenvalue weighted by atomic mass is 9.85. The van der Waals surface area contributed by atoms with E-state index in [1.165, 1.54) is 16.7 Å². The molecular weight excluding hydrogens is 348 g/mol. The predicted octanol–water partition coefficient (Wildman–Crippen LogP) is 6.88. The van der Waals surface area contributed by atoms with Crippen molar-refractivity contribution in [1.82, 2.24) is 0 Å². The Balaban J connectivity index is 2.80. The van der Waals surface area contributed by atoms with Gasteiger partial charge < -0.3 is 14.6 Å². The Hall–Kier alpha value is -2.68. The summed E-state index contributed by atoms with van der Waals surface area (Å²) in [7, 11) is 1.64. The third kappa shape index (κ3) is 5.19. The second-order valence-corrected chi connectivity index (χ2v) is 8.35. The van der Waals surface area contributed by atoms with Gasteiger partial charge in [0.05, 0.1) is 12.9 Å². The summed E-state index contributed by atoms with van der Waals surface area (Å²) in [5.41, 5.74) is 6.49. The highest BCUT2D eigenvalue weighted by Crippen LogP contribution is 2.40. The van der Waals surface area contributed by atoms with Crippen LogP contribution in [0.5, 0.6) is 11.5 Å². The highest BCUT2D eigenvalue weighted by molar-refractivity contribution is 5.82. The van der Waals surface area contributed by atoms with Crippen molar-refractivity contribution in [2.24, 2.45) is 5.41 Å². The third-order valence-electron chi connectivity index (χ3n) is 4.50. The molecule has 0 spiro atoms. The lowest BCUT2D eigenvalue weighted by molar-refractivity contribution is 0.202. The van der Waals surface area contributed by atoms with E-state index < -0.39 is 0 Å². The smallest absolute Gasteiger partial charge is 0.126 e. The monoisotopic (exact) mass is 380 g/mol. The minimum atomic E-state index is 0.0573. The fourth-order valence-corrected chi connectivity index (χ4v) is 3.54. The van der Waals surface area contributed by atoms with Gasteiger partial charge in [-0.15, -0.1) is 0 Å². The van der Waals surface area contributed by atoms with Crippen molar-refractivity contribution in [3.8, 4) is 22.6 Å². The minimum Gasteiger partial charge on any atom is -0.508 e. The molecule has 0 aromatic heterocycles. The van der Waals surface area contributed by atoms with Crippen molar-refractivity contribution in [3.63, 3.8) is 0 Å². The van der Waals surface area contributed by atoms with Crippen LogP contribution in [0.15, 0.2) is 48.7 Å². The van der Waals surface area contributed by atoms with Crippen molar-refractivity contribution in [3.05, 3.63) is 65.4 Å². The fourth-order valence-electron chi connectivity index (χ4n) is 3.54. The van der Waals surface area contributed by atoms with Gasteiger partial charge in [0.2, 0.25) is 0 Å². The first-order valence-electron chi connectivity index (χ1n) is 9.51. The molecule has 3 heteroatoms. The van der Waals surface area contributed by atoms with Crippen molar-refractivity contribution < 1.29 is 14.6 Å². The molecule has 0 atom stereocenters. The molecule has 0 bridgehead atoms. The number of methoxy groups -OCH3 is 1. The van der Waals surface area contributed by atoms with Crippen LogP contribution in [0.4, 0.5) is 0 Å². The molecule has 0 aliphatic rings. The second-order valence-electron chi connectivity index (χ2n) is 8.35. The number of aryl methyl sites for hydroxylation is 1. The zero-order chi connectivity index (χ0) is 21.1. The summed E-state index contributed by atoms with van der Waals surface area (Å²) in [6, 6.07) is 9.33. The highest BCUT2D eigenvalue weighted by atomic mass is 16.5. The van der Waals surface area contributed by atoms with E-state index in [0.29, 0.717) is 18.1 Å². The summed E-state index contributed by atoms with van der Waals surface area (Å²) in [6.07, 6.45) is 2.28. The SMILES string of the molecule is C=C(C)OCc1c(-c2cc(O)ccc2OC)ccc(C)c1/C(C)=C\C(C)(C)C. The van der Waals surface area contributed by atoms with E-state index >= 15 is 0 Å². The summed E-state index contributed by atoms with van der Waals surface area (Å²) < 4.78 is 11.4. The summed E-state index contributed by atoms with van der Waals surface area (Å²) >= 11 is 0. The predicted molar refractivity (Wildman–Crippen MR) is 118 cm³/mol. The van der Waals surface area contributed by atoms with Crippen molar-refractivity contribution in [2.75, 3.05) is 7.11 Å². The second kappa shape index (κ2) is 8.55. The summed E-state index contributed by atoms with van der Waals surface area (Å²) in [4.78, 5) is 0. The molecule has 3 nitrogen and oxygen atoms in total. The number of phenols is 1. The lowest BCUT2D eigenvalue weighted by Gasteiger charge is -2.22. The summed E-state index contributed by atoms with van der Waals surface area (Å²) in [5, 5.41) is 10.1. The molecular formula is C25H32O3. The van der Waals surface area contributed by atoms with Gasteiger partial charge in [-0.3, -0.25) is 0 Å². The van der Waals surface area contributed by atoms with Crippen molar-refractivity contribution >= 4 is 5.57 Å². The van der Waals surface area contributed by atoms with Crippen LogP contribution in [0.2, 0.25) is 0 Å². The molecule has 0 unspecified atom stereocenters. The molecule has 0 aliphatic carbocycles. The minimum absolute atomic E-state index is 0.0573. The number of aromatic hydroxyl groups is 1. The van der Waals surface area contributed by atoms with E-state index in [2.05, 4.69) is 59.4 Å². The highest BCUT2D eigenvalue weighted by Gasteiger charge is 2.19. The fraction of sp³-hybridized carbons (Fsp3) is 0.360. The molecule has 2 aromatic carbocycles. The number of phenolic OH excluding ortho intramolecular Hbond substituents is 1. The zero-order valence-electron chi connectivity index (χ0n) is 18.1. The Morgan fingerprint density at radius 3 is 2.36 bits per heavy atom. The van der Waals surface area contributed by atoms with Gasteiger partial charge in [-0.1, -0.05) is 45.6 Å². The van der Waals surface area contributed by atoms with Gasteiger partial charge >= 0.3 is 0 Å². The largest absolute Gasteiger partial charge is 0.508 e. The van der Waals surface area contributed by atoms with Crippen molar-refractivity contribution in [2.45, 2.75) is 48.1 Å². The van der Waals surface area contributed by atoms with Gasteiger partial charge in [-0.05, 0) is 66.6 Å². The molecule has 150 valence electrons. The maximum atomic E-state index is 10.1. The van der Waals surface area contributed by atoms with Gasteiger partial charge in [0, 0.05) is 11.1 Å². The van der Waals surface area contributed by atoms with Crippen molar-refractivity contribution in [1.29, 1.82) is 0 Å². The van der Waals surface area contributed by atoms with Crippen LogP contribution < -0.4 is 4.74 Å². The number of benzene rings is 2. The maximum absolute atomic E-state index is 10.1. The third-order valence-corrected chi connectivity index (χ3v) is 4.50. The maximum Gasteiger partial charge on any atom is 0.126 e. The Labute approximate surface area is 169 Å². The molecule has 0 saturated carbocycles. The average molecular weight is 381 g/mol. The van der Waals surface area contributed by atoms with Gasteiger partial charge in [-0.25, -0.2) is 0 Å².